The number of hydrogen-bond acceptors (Lipinski definition) is 2. The molecule has 1 aromatic carbocycles. The summed E-state index contributed by atoms with van der Waals surface area (Å²) in [7, 11) is 0. The van der Waals surface area contributed by atoms with Crippen LogP contribution >= 0.6 is 0 Å². The van der Waals surface area contributed by atoms with Gasteiger partial charge in [-0.1, -0.05) is 54.6 Å². The van der Waals surface area contributed by atoms with E-state index in [-0.39, 0.29) is 0 Å². The van der Waals surface area contributed by atoms with Crippen molar-refractivity contribution in [2.75, 3.05) is 0 Å². The van der Waals surface area contributed by atoms with Gasteiger partial charge in [0.2, 0.25) is 0 Å². The number of benzene rings is 1. The van der Waals surface area contributed by atoms with Crippen LogP contribution in [0.3, 0.4) is 0 Å². The normalized spacial score (nSPS) is 25.9. The van der Waals surface area contributed by atoms with Gasteiger partial charge in [-0.3, -0.25) is 9.59 Å². The Kier molecular flexibility index (Phi) is 3.02. The molecule has 0 bridgehead atoms. The third-order valence-electron chi connectivity index (χ3n) is 3.14. The van der Waals surface area contributed by atoms with Crippen molar-refractivity contribution in [3.8, 4) is 0 Å². The molecule has 1 aliphatic carbocycles. The van der Waals surface area contributed by atoms with Crippen LogP contribution in [0.25, 0.3) is 0 Å². The van der Waals surface area contributed by atoms with Gasteiger partial charge in [-0.2, -0.15) is 0 Å². The Balaban J connectivity index is 2.64. The van der Waals surface area contributed by atoms with Gasteiger partial charge >= 0.3 is 11.9 Å². The maximum Gasteiger partial charge on any atom is 0.319 e. The van der Waals surface area contributed by atoms with Crippen LogP contribution in [0.15, 0.2) is 54.6 Å². The zero-order valence-electron chi connectivity index (χ0n) is 9.48. The molecule has 4 nitrogen and oxygen atoms in total. The van der Waals surface area contributed by atoms with Crippen LogP contribution < -0.4 is 0 Å². The summed E-state index contributed by atoms with van der Waals surface area (Å²) in [4.78, 5) is 22.9. The van der Waals surface area contributed by atoms with E-state index in [1.807, 2.05) is 0 Å². The highest BCUT2D eigenvalue weighted by atomic mass is 16.4. The van der Waals surface area contributed by atoms with Crippen LogP contribution in [-0.4, -0.2) is 22.2 Å². The molecule has 1 aromatic rings. The third-order valence-corrected chi connectivity index (χ3v) is 3.14. The van der Waals surface area contributed by atoms with Crippen molar-refractivity contribution in [3.05, 3.63) is 60.2 Å². The average molecular weight is 244 g/mol. The maximum absolute atomic E-state index is 11.6. The fourth-order valence-corrected chi connectivity index (χ4v) is 2.23. The van der Waals surface area contributed by atoms with Crippen molar-refractivity contribution >= 4 is 11.9 Å². The SMILES string of the molecule is O=C(O)C1C=CC=CC1(C(=O)O)c1ccccc1. The van der Waals surface area contributed by atoms with Crippen molar-refractivity contribution in [2.45, 2.75) is 5.41 Å². The molecule has 0 aliphatic heterocycles. The van der Waals surface area contributed by atoms with Gasteiger partial charge < -0.3 is 10.2 Å². The molecule has 0 heterocycles. The fraction of sp³-hybridized carbons (Fsp3) is 0.143. The van der Waals surface area contributed by atoms with Crippen molar-refractivity contribution in [2.24, 2.45) is 5.92 Å². The second-order valence-corrected chi connectivity index (χ2v) is 4.10. The molecule has 92 valence electrons. The highest BCUT2D eigenvalue weighted by molar-refractivity contribution is 5.92. The van der Waals surface area contributed by atoms with Gasteiger partial charge in [-0.25, -0.2) is 0 Å². The van der Waals surface area contributed by atoms with Crippen molar-refractivity contribution < 1.29 is 19.8 Å². The summed E-state index contributed by atoms with van der Waals surface area (Å²) in [6, 6.07) is 8.43. The molecule has 0 spiro atoms. The van der Waals surface area contributed by atoms with E-state index < -0.39 is 23.3 Å². The van der Waals surface area contributed by atoms with Crippen molar-refractivity contribution in [3.63, 3.8) is 0 Å². The molecule has 2 atom stereocenters. The highest BCUT2D eigenvalue weighted by Gasteiger charge is 2.48. The summed E-state index contributed by atoms with van der Waals surface area (Å²) >= 11 is 0. The Labute approximate surface area is 104 Å². The van der Waals surface area contributed by atoms with Crippen LogP contribution in [0, 0.1) is 5.92 Å². The van der Waals surface area contributed by atoms with E-state index in [4.69, 9.17) is 0 Å². The van der Waals surface area contributed by atoms with E-state index in [1.165, 1.54) is 12.2 Å². The first-order chi connectivity index (χ1) is 8.59. The minimum atomic E-state index is -1.54. The Hall–Kier alpha value is -2.36. The number of allylic oxidation sites excluding steroid dienone is 2. The van der Waals surface area contributed by atoms with Crippen LogP contribution in [-0.2, 0) is 15.0 Å². The molecule has 0 amide bonds. The quantitative estimate of drug-likeness (QED) is 0.850. The lowest BCUT2D eigenvalue weighted by molar-refractivity contribution is -0.152. The first-order valence-corrected chi connectivity index (χ1v) is 5.47. The topological polar surface area (TPSA) is 74.6 Å². The van der Waals surface area contributed by atoms with E-state index in [0.29, 0.717) is 5.56 Å². The molecule has 18 heavy (non-hydrogen) atoms. The molecule has 2 unspecified atom stereocenters. The van der Waals surface area contributed by atoms with E-state index >= 15 is 0 Å². The van der Waals surface area contributed by atoms with Crippen LogP contribution in [0.1, 0.15) is 5.56 Å². The van der Waals surface area contributed by atoms with Gasteiger partial charge in [-0.15, -0.1) is 0 Å². The molecule has 1 aliphatic rings. The van der Waals surface area contributed by atoms with E-state index in [9.17, 15) is 19.8 Å². The smallest absolute Gasteiger partial charge is 0.319 e. The Morgan fingerprint density at radius 2 is 1.72 bits per heavy atom. The van der Waals surface area contributed by atoms with Gasteiger partial charge in [0.15, 0.2) is 0 Å². The predicted octanol–water partition coefficient (Wildman–Crippen LogP) is 1.84. The lowest BCUT2D eigenvalue weighted by atomic mass is 9.68. The number of carboxylic acid groups (broad SMARTS) is 2. The van der Waals surface area contributed by atoms with Gasteiger partial charge in [0.05, 0.1) is 5.92 Å². The van der Waals surface area contributed by atoms with E-state index in [1.54, 1.807) is 42.5 Å². The minimum absolute atomic E-state index is 0.463. The van der Waals surface area contributed by atoms with E-state index in [0.717, 1.165) is 0 Å². The van der Waals surface area contributed by atoms with Crippen LogP contribution in [0.5, 0.6) is 0 Å². The molecule has 2 rings (SSSR count). The molecule has 4 heteroatoms. The van der Waals surface area contributed by atoms with Crippen molar-refractivity contribution in [1.29, 1.82) is 0 Å². The summed E-state index contributed by atoms with van der Waals surface area (Å²) in [5.41, 5.74) is -1.08. The zero-order chi connectivity index (χ0) is 13.2. The van der Waals surface area contributed by atoms with Gasteiger partial charge in [0.25, 0.3) is 0 Å². The highest BCUT2D eigenvalue weighted by Crippen LogP contribution is 2.38. The number of hydrogen-bond donors (Lipinski definition) is 2. The third kappa shape index (κ3) is 1.72. The number of rotatable bonds is 3. The second-order valence-electron chi connectivity index (χ2n) is 4.10. The molecule has 0 saturated heterocycles. The second kappa shape index (κ2) is 4.49. The lowest BCUT2D eigenvalue weighted by Crippen LogP contribution is -2.45. The van der Waals surface area contributed by atoms with Gasteiger partial charge in [0, 0.05) is 0 Å². The van der Waals surface area contributed by atoms with Gasteiger partial charge in [0.1, 0.15) is 5.41 Å². The summed E-state index contributed by atoms with van der Waals surface area (Å²) in [6.45, 7) is 0. The van der Waals surface area contributed by atoms with E-state index in [2.05, 4.69) is 0 Å². The zero-order valence-corrected chi connectivity index (χ0v) is 9.48. The Morgan fingerprint density at radius 3 is 2.28 bits per heavy atom. The standard InChI is InChI=1S/C14H12O4/c15-12(16)11-8-4-5-9-14(11,13(17)18)10-6-2-1-3-7-10/h1-9,11H,(H,15,16)(H,17,18). The molecular formula is C14H12O4. The monoisotopic (exact) mass is 244 g/mol. The molecule has 2 N–H and O–H groups in total. The summed E-state index contributed by atoms with van der Waals surface area (Å²) in [5.74, 6) is -3.43. The maximum atomic E-state index is 11.6. The molecular weight excluding hydrogens is 232 g/mol. The minimum Gasteiger partial charge on any atom is -0.481 e. The molecule has 0 aromatic heterocycles. The first kappa shape index (κ1) is 12.1. The molecule has 0 saturated carbocycles. The lowest BCUT2D eigenvalue weighted by Gasteiger charge is -2.32. The largest absolute Gasteiger partial charge is 0.481 e. The number of carboxylic acids is 2. The summed E-state index contributed by atoms with van der Waals surface area (Å²) < 4.78 is 0. The average Bonchev–Trinajstić information content (AvgIpc) is 2.39. The van der Waals surface area contributed by atoms with Crippen LogP contribution in [0.4, 0.5) is 0 Å². The fourth-order valence-electron chi connectivity index (χ4n) is 2.23. The first-order valence-electron chi connectivity index (χ1n) is 5.47. The Morgan fingerprint density at radius 1 is 1.06 bits per heavy atom. The summed E-state index contributed by atoms with van der Waals surface area (Å²) in [5, 5.41) is 18.7. The number of aliphatic carboxylic acids is 2. The summed E-state index contributed by atoms with van der Waals surface area (Å²) in [6.07, 6.45) is 5.97. The Bertz CT molecular complexity index is 530. The predicted molar refractivity (Wildman–Crippen MR) is 65.2 cm³/mol. The molecule has 0 fully saturated rings. The van der Waals surface area contributed by atoms with Crippen LogP contribution in [0.2, 0.25) is 0 Å². The number of carbonyl (C=O) groups is 2. The van der Waals surface area contributed by atoms with Crippen molar-refractivity contribution in [1.82, 2.24) is 0 Å². The molecule has 0 radical (unpaired) electrons. The van der Waals surface area contributed by atoms with Gasteiger partial charge in [-0.05, 0) is 5.56 Å².